The quantitative estimate of drug-likeness (QED) is 0.671. The van der Waals surface area contributed by atoms with Gasteiger partial charge >= 0.3 is 0 Å². The Morgan fingerprint density at radius 2 is 1.93 bits per heavy atom. The van der Waals surface area contributed by atoms with Crippen molar-refractivity contribution in [2.75, 3.05) is 18.8 Å². The fourth-order valence-corrected chi connectivity index (χ4v) is 4.62. The van der Waals surface area contributed by atoms with Crippen LogP contribution in [-0.2, 0) is 11.2 Å². The Morgan fingerprint density at radius 3 is 2.63 bits per heavy atom. The lowest BCUT2D eigenvalue weighted by Crippen LogP contribution is -2.25. The predicted octanol–water partition coefficient (Wildman–Crippen LogP) is 2.40. The summed E-state index contributed by atoms with van der Waals surface area (Å²) in [6.07, 6.45) is 5.43. The van der Waals surface area contributed by atoms with Crippen molar-refractivity contribution in [2.45, 2.75) is 16.7 Å². The zero-order valence-corrected chi connectivity index (χ0v) is 15.2. The molecule has 2 atom stereocenters. The van der Waals surface area contributed by atoms with Gasteiger partial charge in [-0.15, -0.1) is 0 Å². The minimum atomic E-state index is -1.25. The topological polar surface area (TPSA) is 99.8 Å². The molecule has 0 spiro atoms. The highest BCUT2D eigenvalue weighted by atomic mass is 32.2. The second kappa shape index (κ2) is 7.59. The summed E-state index contributed by atoms with van der Waals surface area (Å²) in [6.45, 7) is 1.55. The molecule has 0 saturated carbocycles. The van der Waals surface area contributed by atoms with E-state index in [0.717, 1.165) is 13.0 Å². The number of nitrogens with one attached hydrogen (secondary N) is 1. The molecule has 2 aromatic heterocycles. The SMILES string of the molecule is Nc1ncc(-c2ccc(-c3cccnc3[S+]([O-])C3CCNC3)cc2F)cn1. The lowest BCUT2D eigenvalue weighted by molar-refractivity contribution is 0.578. The molecule has 0 aliphatic carbocycles. The number of nitrogen functional groups attached to an aromatic ring is 1. The Morgan fingerprint density at radius 1 is 1.11 bits per heavy atom. The van der Waals surface area contributed by atoms with E-state index in [1.165, 1.54) is 18.5 Å². The van der Waals surface area contributed by atoms with E-state index in [0.29, 0.717) is 33.8 Å². The van der Waals surface area contributed by atoms with Crippen LogP contribution >= 0.6 is 0 Å². The van der Waals surface area contributed by atoms with Crippen molar-refractivity contribution in [3.05, 3.63) is 54.7 Å². The number of hydrogen-bond acceptors (Lipinski definition) is 6. The highest BCUT2D eigenvalue weighted by molar-refractivity contribution is 7.92. The van der Waals surface area contributed by atoms with Crippen molar-refractivity contribution in [1.82, 2.24) is 20.3 Å². The second-order valence-electron chi connectivity index (χ2n) is 6.29. The smallest absolute Gasteiger partial charge is 0.252 e. The second-order valence-corrected chi connectivity index (χ2v) is 7.94. The third-order valence-electron chi connectivity index (χ3n) is 4.54. The summed E-state index contributed by atoms with van der Waals surface area (Å²) < 4.78 is 27.7. The average molecular weight is 383 g/mol. The minimum absolute atomic E-state index is 0.0229. The third-order valence-corrected chi connectivity index (χ3v) is 6.26. The molecule has 4 rings (SSSR count). The molecular weight excluding hydrogens is 365 g/mol. The van der Waals surface area contributed by atoms with E-state index in [1.54, 1.807) is 24.4 Å². The van der Waals surface area contributed by atoms with Crippen LogP contribution in [0.15, 0.2) is 53.9 Å². The maximum atomic E-state index is 14.8. The normalized spacial score (nSPS) is 17.8. The van der Waals surface area contributed by atoms with Gasteiger partial charge in [-0.25, -0.2) is 19.3 Å². The first-order chi connectivity index (χ1) is 13.1. The van der Waals surface area contributed by atoms with Crippen LogP contribution < -0.4 is 11.1 Å². The zero-order valence-electron chi connectivity index (χ0n) is 14.4. The largest absolute Gasteiger partial charge is 0.610 e. The van der Waals surface area contributed by atoms with Crippen molar-refractivity contribution in [2.24, 2.45) is 0 Å². The first-order valence-electron chi connectivity index (χ1n) is 8.57. The van der Waals surface area contributed by atoms with Crippen LogP contribution in [0.5, 0.6) is 0 Å². The monoisotopic (exact) mass is 383 g/mol. The van der Waals surface area contributed by atoms with Gasteiger partial charge in [-0.2, -0.15) is 0 Å². The Balaban J connectivity index is 1.70. The van der Waals surface area contributed by atoms with Crippen molar-refractivity contribution in [3.8, 4) is 22.3 Å². The van der Waals surface area contributed by atoms with Crippen LogP contribution in [0.1, 0.15) is 6.42 Å². The molecule has 0 amide bonds. The summed E-state index contributed by atoms with van der Waals surface area (Å²) >= 11 is -1.25. The molecular formula is C19H18FN5OS. The molecule has 3 N–H and O–H groups in total. The molecule has 1 aromatic carbocycles. The number of pyridine rings is 1. The average Bonchev–Trinajstić information content (AvgIpc) is 3.23. The van der Waals surface area contributed by atoms with Crippen LogP contribution in [0.25, 0.3) is 22.3 Å². The summed E-state index contributed by atoms with van der Waals surface area (Å²) in [5.74, 6) is -0.274. The van der Waals surface area contributed by atoms with E-state index >= 15 is 0 Å². The van der Waals surface area contributed by atoms with E-state index in [2.05, 4.69) is 20.3 Å². The van der Waals surface area contributed by atoms with E-state index in [4.69, 9.17) is 5.73 Å². The first-order valence-corrected chi connectivity index (χ1v) is 9.79. The molecule has 8 heteroatoms. The Labute approximate surface area is 159 Å². The third kappa shape index (κ3) is 3.64. The van der Waals surface area contributed by atoms with Gasteiger partial charge in [0, 0.05) is 60.4 Å². The number of anilines is 1. The van der Waals surface area contributed by atoms with E-state index in [-0.39, 0.29) is 11.2 Å². The van der Waals surface area contributed by atoms with Crippen molar-refractivity contribution in [1.29, 1.82) is 0 Å². The molecule has 1 aliphatic heterocycles. The molecule has 27 heavy (non-hydrogen) atoms. The molecule has 6 nitrogen and oxygen atoms in total. The van der Waals surface area contributed by atoms with Crippen molar-refractivity contribution in [3.63, 3.8) is 0 Å². The molecule has 0 radical (unpaired) electrons. The van der Waals surface area contributed by atoms with Crippen LogP contribution in [-0.4, -0.2) is 37.8 Å². The van der Waals surface area contributed by atoms with Gasteiger partial charge < -0.3 is 15.6 Å². The highest BCUT2D eigenvalue weighted by Crippen LogP contribution is 2.32. The van der Waals surface area contributed by atoms with Gasteiger partial charge in [-0.1, -0.05) is 12.1 Å². The zero-order chi connectivity index (χ0) is 18.8. The number of nitrogens with zero attached hydrogens (tertiary/aromatic N) is 3. The first kappa shape index (κ1) is 17.8. The molecule has 3 heterocycles. The number of hydrogen-bond donors (Lipinski definition) is 2. The van der Waals surface area contributed by atoms with Crippen LogP contribution in [0.2, 0.25) is 0 Å². The molecule has 0 bridgehead atoms. The number of halogens is 1. The fraction of sp³-hybridized carbons (Fsp3) is 0.211. The van der Waals surface area contributed by atoms with Gasteiger partial charge in [0.25, 0.3) is 5.03 Å². The molecule has 138 valence electrons. The summed E-state index contributed by atoms with van der Waals surface area (Å²) in [5, 5.41) is 3.74. The van der Waals surface area contributed by atoms with Crippen molar-refractivity contribution >= 4 is 17.1 Å². The van der Waals surface area contributed by atoms with Gasteiger partial charge in [0.05, 0.1) is 5.56 Å². The fourth-order valence-electron chi connectivity index (χ4n) is 3.13. The van der Waals surface area contributed by atoms with Gasteiger partial charge in [0.2, 0.25) is 5.95 Å². The lowest BCUT2D eigenvalue weighted by atomic mass is 10.0. The van der Waals surface area contributed by atoms with Gasteiger partial charge in [-0.05, 0) is 23.8 Å². The number of aromatic nitrogens is 3. The summed E-state index contributed by atoms with van der Waals surface area (Å²) in [5.41, 5.74) is 7.72. The Bertz CT molecular complexity index is 947. The number of benzene rings is 1. The Hall–Kier alpha value is -2.55. The molecule has 1 aliphatic rings. The molecule has 3 aromatic rings. The predicted molar refractivity (Wildman–Crippen MR) is 103 cm³/mol. The molecule has 1 saturated heterocycles. The van der Waals surface area contributed by atoms with Crippen molar-refractivity contribution < 1.29 is 8.94 Å². The number of rotatable bonds is 4. The summed E-state index contributed by atoms with van der Waals surface area (Å²) in [4.78, 5) is 12.1. The lowest BCUT2D eigenvalue weighted by Gasteiger charge is -2.18. The highest BCUT2D eigenvalue weighted by Gasteiger charge is 2.31. The minimum Gasteiger partial charge on any atom is -0.610 e. The maximum absolute atomic E-state index is 14.8. The number of nitrogens with two attached hydrogens (primary N) is 1. The summed E-state index contributed by atoms with van der Waals surface area (Å²) in [6, 6.07) is 8.47. The van der Waals surface area contributed by atoms with Crippen LogP contribution in [0.3, 0.4) is 0 Å². The summed E-state index contributed by atoms with van der Waals surface area (Å²) in [7, 11) is 0. The van der Waals surface area contributed by atoms with Crippen LogP contribution in [0.4, 0.5) is 10.3 Å². The van der Waals surface area contributed by atoms with Gasteiger partial charge in [-0.3, -0.25) is 0 Å². The standard InChI is InChI=1S/C19H18FN5OS/c20-17-8-12(3-4-15(17)13-9-24-19(21)25-10-13)16-2-1-6-23-18(16)27(26)14-5-7-22-11-14/h1-4,6,8-10,14,22H,5,7,11H2,(H2,21,24,25). The van der Waals surface area contributed by atoms with E-state index in [1.807, 2.05) is 6.07 Å². The van der Waals surface area contributed by atoms with Crippen LogP contribution in [0, 0.1) is 5.82 Å². The van der Waals surface area contributed by atoms with E-state index < -0.39 is 17.0 Å². The molecule has 2 unspecified atom stereocenters. The Kier molecular flexibility index (Phi) is 5.02. The van der Waals surface area contributed by atoms with E-state index in [9.17, 15) is 8.94 Å². The van der Waals surface area contributed by atoms with Gasteiger partial charge in [0.1, 0.15) is 11.1 Å². The molecule has 1 fully saturated rings. The van der Waals surface area contributed by atoms with Gasteiger partial charge in [0.15, 0.2) is 0 Å². The maximum Gasteiger partial charge on any atom is 0.252 e.